The molecule has 1 unspecified atom stereocenters. The molecule has 4 heteroatoms. The zero-order chi connectivity index (χ0) is 12.8. The second kappa shape index (κ2) is 6.62. The standard InChI is InChI=1S/C13H24N2O2/c1-4-5-7-15-8-6-12(16)14-11(13(15)17)9-10(2)3/h10-11H,4-9H2,1-3H3,(H,14,16). The summed E-state index contributed by atoms with van der Waals surface area (Å²) >= 11 is 0. The Morgan fingerprint density at radius 3 is 2.71 bits per heavy atom. The van der Waals surface area contributed by atoms with E-state index in [2.05, 4.69) is 26.1 Å². The monoisotopic (exact) mass is 240 g/mol. The van der Waals surface area contributed by atoms with Gasteiger partial charge in [0.1, 0.15) is 6.04 Å². The molecule has 1 aliphatic rings. The number of carbonyl (C=O) groups excluding carboxylic acids is 2. The SMILES string of the molecule is CCCCN1CCC(=O)NC(CC(C)C)C1=O. The zero-order valence-electron chi connectivity index (χ0n) is 11.2. The predicted octanol–water partition coefficient (Wildman–Crippen LogP) is 1.55. The molecule has 0 aliphatic carbocycles. The molecule has 1 rings (SSSR count). The molecule has 4 nitrogen and oxygen atoms in total. The molecule has 0 aromatic rings. The summed E-state index contributed by atoms with van der Waals surface area (Å²) in [7, 11) is 0. The van der Waals surface area contributed by atoms with E-state index in [9.17, 15) is 9.59 Å². The molecule has 2 amide bonds. The number of carbonyl (C=O) groups is 2. The number of rotatable bonds is 5. The first-order valence-corrected chi connectivity index (χ1v) is 6.62. The van der Waals surface area contributed by atoms with Gasteiger partial charge in [0.25, 0.3) is 0 Å². The lowest BCUT2D eigenvalue weighted by Crippen LogP contribution is -2.45. The molecule has 17 heavy (non-hydrogen) atoms. The largest absolute Gasteiger partial charge is 0.344 e. The lowest BCUT2D eigenvalue weighted by molar-refractivity contribution is -0.134. The van der Waals surface area contributed by atoms with E-state index >= 15 is 0 Å². The van der Waals surface area contributed by atoms with E-state index in [-0.39, 0.29) is 17.9 Å². The Labute approximate surface area is 104 Å². The van der Waals surface area contributed by atoms with Crippen molar-refractivity contribution in [3.8, 4) is 0 Å². The van der Waals surface area contributed by atoms with E-state index in [1.807, 2.05) is 4.90 Å². The van der Waals surface area contributed by atoms with Crippen molar-refractivity contribution in [3.63, 3.8) is 0 Å². The van der Waals surface area contributed by atoms with Crippen LogP contribution in [-0.2, 0) is 9.59 Å². The number of hydrogen-bond donors (Lipinski definition) is 1. The van der Waals surface area contributed by atoms with Crippen LogP contribution in [0.25, 0.3) is 0 Å². The maximum absolute atomic E-state index is 12.2. The van der Waals surface area contributed by atoms with Crippen LogP contribution in [0.1, 0.15) is 46.5 Å². The third-order valence-electron chi connectivity index (χ3n) is 3.04. The molecule has 0 radical (unpaired) electrons. The second-order valence-electron chi connectivity index (χ2n) is 5.18. The summed E-state index contributed by atoms with van der Waals surface area (Å²) < 4.78 is 0. The highest BCUT2D eigenvalue weighted by molar-refractivity contribution is 5.89. The highest BCUT2D eigenvalue weighted by atomic mass is 16.2. The molecule has 1 saturated heterocycles. The Bertz CT molecular complexity index is 277. The Morgan fingerprint density at radius 1 is 1.41 bits per heavy atom. The van der Waals surface area contributed by atoms with Crippen LogP contribution in [0, 0.1) is 5.92 Å². The minimum Gasteiger partial charge on any atom is -0.344 e. The van der Waals surface area contributed by atoms with Crippen LogP contribution in [0.15, 0.2) is 0 Å². The van der Waals surface area contributed by atoms with E-state index in [1.54, 1.807) is 0 Å². The quantitative estimate of drug-likeness (QED) is 0.792. The average Bonchev–Trinajstić information content (AvgIpc) is 2.38. The van der Waals surface area contributed by atoms with E-state index < -0.39 is 0 Å². The van der Waals surface area contributed by atoms with Gasteiger partial charge in [-0.25, -0.2) is 0 Å². The topological polar surface area (TPSA) is 49.4 Å². The molecule has 98 valence electrons. The summed E-state index contributed by atoms with van der Waals surface area (Å²) in [4.78, 5) is 25.6. The van der Waals surface area contributed by atoms with Gasteiger partial charge in [0.15, 0.2) is 0 Å². The highest BCUT2D eigenvalue weighted by Crippen LogP contribution is 2.12. The van der Waals surface area contributed by atoms with Crippen molar-refractivity contribution in [2.24, 2.45) is 5.92 Å². The molecule has 0 aromatic carbocycles. The smallest absolute Gasteiger partial charge is 0.245 e. The van der Waals surface area contributed by atoms with E-state index in [1.165, 1.54) is 0 Å². The molecule has 1 heterocycles. The van der Waals surface area contributed by atoms with Crippen LogP contribution >= 0.6 is 0 Å². The van der Waals surface area contributed by atoms with Gasteiger partial charge in [0.2, 0.25) is 11.8 Å². The van der Waals surface area contributed by atoms with E-state index in [0.717, 1.165) is 25.8 Å². The first kappa shape index (κ1) is 14.0. The summed E-state index contributed by atoms with van der Waals surface area (Å²) in [5.41, 5.74) is 0. The van der Waals surface area contributed by atoms with Crippen molar-refractivity contribution >= 4 is 11.8 Å². The van der Waals surface area contributed by atoms with Gasteiger partial charge in [-0.3, -0.25) is 9.59 Å². The fourth-order valence-corrected chi connectivity index (χ4v) is 2.10. The number of amides is 2. The third kappa shape index (κ3) is 4.36. The average molecular weight is 240 g/mol. The summed E-state index contributed by atoms with van der Waals surface area (Å²) in [5, 5.41) is 2.84. The number of hydrogen-bond acceptors (Lipinski definition) is 2. The van der Waals surface area contributed by atoms with Crippen molar-refractivity contribution in [2.75, 3.05) is 13.1 Å². The molecule has 0 spiro atoms. The van der Waals surface area contributed by atoms with Gasteiger partial charge in [0.05, 0.1) is 0 Å². The number of nitrogens with one attached hydrogen (secondary N) is 1. The summed E-state index contributed by atoms with van der Waals surface area (Å²) in [5.74, 6) is 0.511. The lowest BCUT2D eigenvalue weighted by atomic mass is 10.0. The fourth-order valence-electron chi connectivity index (χ4n) is 2.10. The maximum atomic E-state index is 12.2. The maximum Gasteiger partial charge on any atom is 0.245 e. The molecule has 0 bridgehead atoms. The zero-order valence-corrected chi connectivity index (χ0v) is 11.2. The Morgan fingerprint density at radius 2 is 2.12 bits per heavy atom. The molecule has 1 aliphatic heterocycles. The molecular formula is C13H24N2O2. The van der Waals surface area contributed by atoms with Crippen molar-refractivity contribution in [1.29, 1.82) is 0 Å². The Kier molecular flexibility index (Phi) is 5.45. The summed E-state index contributed by atoms with van der Waals surface area (Å²) in [6, 6.07) is -0.318. The van der Waals surface area contributed by atoms with Gasteiger partial charge in [0, 0.05) is 19.5 Å². The summed E-state index contributed by atoms with van der Waals surface area (Å²) in [6.45, 7) is 7.59. The van der Waals surface area contributed by atoms with Crippen LogP contribution in [0.3, 0.4) is 0 Å². The first-order chi connectivity index (χ1) is 8.04. The lowest BCUT2D eigenvalue weighted by Gasteiger charge is -2.24. The van der Waals surface area contributed by atoms with Crippen LogP contribution in [0.2, 0.25) is 0 Å². The van der Waals surface area contributed by atoms with Crippen LogP contribution in [0.5, 0.6) is 0 Å². The normalized spacial score (nSPS) is 21.6. The van der Waals surface area contributed by atoms with Crippen molar-refractivity contribution in [3.05, 3.63) is 0 Å². The number of unbranched alkanes of at least 4 members (excludes halogenated alkanes) is 1. The molecule has 1 fully saturated rings. The molecule has 0 aromatic heterocycles. The van der Waals surface area contributed by atoms with Gasteiger partial charge < -0.3 is 10.2 Å². The molecule has 0 saturated carbocycles. The second-order valence-corrected chi connectivity index (χ2v) is 5.18. The van der Waals surface area contributed by atoms with Crippen molar-refractivity contribution in [2.45, 2.75) is 52.5 Å². The predicted molar refractivity (Wildman–Crippen MR) is 67.5 cm³/mol. The van der Waals surface area contributed by atoms with E-state index in [4.69, 9.17) is 0 Å². The van der Waals surface area contributed by atoms with Gasteiger partial charge in [-0.15, -0.1) is 0 Å². The minimum atomic E-state index is -0.318. The number of nitrogens with zero attached hydrogens (tertiary/aromatic N) is 1. The van der Waals surface area contributed by atoms with Crippen LogP contribution in [-0.4, -0.2) is 35.8 Å². The van der Waals surface area contributed by atoms with Crippen LogP contribution in [0.4, 0.5) is 0 Å². The molecule has 1 N–H and O–H groups in total. The Hall–Kier alpha value is -1.06. The van der Waals surface area contributed by atoms with E-state index in [0.29, 0.717) is 18.9 Å². The third-order valence-corrected chi connectivity index (χ3v) is 3.04. The highest BCUT2D eigenvalue weighted by Gasteiger charge is 2.29. The van der Waals surface area contributed by atoms with Gasteiger partial charge in [-0.05, 0) is 18.8 Å². The van der Waals surface area contributed by atoms with Gasteiger partial charge in [-0.2, -0.15) is 0 Å². The first-order valence-electron chi connectivity index (χ1n) is 6.62. The molecule has 1 atom stereocenters. The minimum absolute atomic E-state index is 0.00278. The van der Waals surface area contributed by atoms with Crippen molar-refractivity contribution in [1.82, 2.24) is 10.2 Å². The van der Waals surface area contributed by atoms with Gasteiger partial charge >= 0.3 is 0 Å². The Balaban J connectivity index is 2.67. The fraction of sp³-hybridized carbons (Fsp3) is 0.846. The molecular weight excluding hydrogens is 216 g/mol. The van der Waals surface area contributed by atoms with Crippen molar-refractivity contribution < 1.29 is 9.59 Å². The van der Waals surface area contributed by atoms with Gasteiger partial charge in [-0.1, -0.05) is 27.2 Å². The van der Waals surface area contributed by atoms with Crippen LogP contribution < -0.4 is 5.32 Å². The summed E-state index contributed by atoms with van der Waals surface area (Å²) in [6.07, 6.45) is 3.24.